The number of likely N-dealkylation sites (tertiary alicyclic amines) is 1. The lowest BCUT2D eigenvalue weighted by molar-refractivity contribution is 0.151. The molecule has 1 aliphatic carbocycles. The summed E-state index contributed by atoms with van der Waals surface area (Å²) in [5.74, 6) is 1.05. The summed E-state index contributed by atoms with van der Waals surface area (Å²) >= 11 is 1.71. The van der Waals surface area contributed by atoms with Crippen LogP contribution in [0.4, 0.5) is 5.13 Å². The van der Waals surface area contributed by atoms with Gasteiger partial charge < -0.3 is 15.5 Å². The number of fused-ring (bicyclic) bond motifs is 1. The van der Waals surface area contributed by atoms with E-state index in [0.29, 0.717) is 5.41 Å². The molecule has 1 aromatic heterocycles. The SMILES string of the molecule is CN=C(NCCNc1nc2ccccc2s1)N1CCC2(CCC2)C1.I. The maximum absolute atomic E-state index is 4.60. The molecule has 0 atom stereocenters. The number of guanidine groups is 1. The average molecular weight is 471 g/mol. The third-order valence-corrected chi connectivity index (χ3v) is 6.34. The molecular weight excluding hydrogens is 445 g/mol. The van der Waals surface area contributed by atoms with E-state index in [9.17, 15) is 0 Å². The number of hydrogen-bond acceptors (Lipinski definition) is 4. The van der Waals surface area contributed by atoms with Crippen molar-refractivity contribution in [3.63, 3.8) is 0 Å². The van der Waals surface area contributed by atoms with Gasteiger partial charge in [0.05, 0.1) is 10.2 Å². The molecule has 0 radical (unpaired) electrons. The van der Waals surface area contributed by atoms with Crippen molar-refractivity contribution < 1.29 is 0 Å². The molecule has 0 bridgehead atoms. The molecule has 0 unspecified atom stereocenters. The van der Waals surface area contributed by atoms with Gasteiger partial charge in [0.25, 0.3) is 0 Å². The predicted molar refractivity (Wildman–Crippen MR) is 117 cm³/mol. The zero-order valence-corrected chi connectivity index (χ0v) is 17.8. The summed E-state index contributed by atoms with van der Waals surface area (Å²) in [5.41, 5.74) is 1.67. The standard InChI is InChI=1S/C18H25N5S.HI/c1-19-16(23-12-9-18(13-23)7-4-8-18)20-10-11-21-17-22-14-5-2-3-6-15(14)24-17;/h2-3,5-6H,4,7-13H2,1H3,(H,19,20)(H,21,22);1H. The van der Waals surface area contributed by atoms with E-state index in [0.717, 1.165) is 36.2 Å². The van der Waals surface area contributed by atoms with E-state index in [1.54, 1.807) is 11.3 Å². The molecule has 4 rings (SSSR count). The number of rotatable bonds is 4. The molecule has 0 amide bonds. The summed E-state index contributed by atoms with van der Waals surface area (Å²) in [7, 11) is 1.88. The molecule has 136 valence electrons. The lowest BCUT2D eigenvalue weighted by Gasteiger charge is -2.38. The number of anilines is 1. The van der Waals surface area contributed by atoms with E-state index >= 15 is 0 Å². The van der Waals surface area contributed by atoms with Crippen LogP contribution in [0.5, 0.6) is 0 Å². The van der Waals surface area contributed by atoms with Crippen LogP contribution in [-0.2, 0) is 0 Å². The first kappa shape index (κ1) is 18.7. The third kappa shape index (κ3) is 4.02. The highest BCUT2D eigenvalue weighted by Gasteiger charge is 2.43. The number of aliphatic imine (C=N–C) groups is 1. The third-order valence-electron chi connectivity index (χ3n) is 5.34. The molecule has 2 aromatic rings. The number of halogens is 1. The Hall–Kier alpha value is -1.09. The highest BCUT2D eigenvalue weighted by molar-refractivity contribution is 14.0. The van der Waals surface area contributed by atoms with Crippen molar-refractivity contribution in [3.8, 4) is 0 Å². The van der Waals surface area contributed by atoms with Gasteiger partial charge in [0.2, 0.25) is 0 Å². The van der Waals surface area contributed by atoms with Crippen molar-refractivity contribution in [2.24, 2.45) is 10.4 Å². The second kappa shape index (κ2) is 8.07. The molecule has 2 heterocycles. The van der Waals surface area contributed by atoms with Gasteiger partial charge in [-0.2, -0.15) is 0 Å². The molecule has 7 heteroatoms. The molecule has 25 heavy (non-hydrogen) atoms. The Labute approximate surface area is 170 Å². The van der Waals surface area contributed by atoms with Crippen LogP contribution in [0.25, 0.3) is 10.2 Å². The highest BCUT2D eigenvalue weighted by atomic mass is 127. The van der Waals surface area contributed by atoms with Crippen molar-refractivity contribution in [3.05, 3.63) is 24.3 Å². The Kier molecular flexibility index (Phi) is 6.04. The lowest BCUT2D eigenvalue weighted by atomic mass is 9.68. The molecule has 1 aromatic carbocycles. The normalized spacial score (nSPS) is 18.9. The number of nitrogens with zero attached hydrogens (tertiary/aromatic N) is 3. The lowest BCUT2D eigenvalue weighted by Crippen LogP contribution is -2.43. The molecule has 1 saturated heterocycles. The van der Waals surface area contributed by atoms with Crippen molar-refractivity contribution in [1.82, 2.24) is 15.2 Å². The van der Waals surface area contributed by atoms with E-state index in [1.165, 1.54) is 36.9 Å². The van der Waals surface area contributed by atoms with E-state index in [-0.39, 0.29) is 24.0 Å². The second-order valence-corrected chi connectivity index (χ2v) is 7.94. The van der Waals surface area contributed by atoms with Gasteiger partial charge in [0, 0.05) is 33.2 Å². The molecule has 1 aliphatic heterocycles. The van der Waals surface area contributed by atoms with Crippen molar-refractivity contribution in [2.75, 3.05) is 38.5 Å². The second-order valence-electron chi connectivity index (χ2n) is 6.91. The maximum atomic E-state index is 4.60. The van der Waals surface area contributed by atoms with E-state index in [2.05, 4.69) is 43.7 Å². The zero-order chi connectivity index (χ0) is 16.4. The van der Waals surface area contributed by atoms with Gasteiger partial charge in [-0.15, -0.1) is 24.0 Å². The van der Waals surface area contributed by atoms with Crippen LogP contribution in [0.3, 0.4) is 0 Å². The summed E-state index contributed by atoms with van der Waals surface area (Å²) in [6, 6.07) is 8.26. The fourth-order valence-corrected chi connectivity index (χ4v) is 4.72. The van der Waals surface area contributed by atoms with Crippen molar-refractivity contribution >= 4 is 56.6 Å². The Morgan fingerprint density at radius 2 is 2.12 bits per heavy atom. The quantitative estimate of drug-likeness (QED) is 0.309. The van der Waals surface area contributed by atoms with Gasteiger partial charge in [-0.05, 0) is 36.8 Å². The van der Waals surface area contributed by atoms with E-state index in [1.807, 2.05) is 13.1 Å². The molecular formula is C18H26IN5S. The van der Waals surface area contributed by atoms with Crippen molar-refractivity contribution in [2.45, 2.75) is 25.7 Å². The first-order valence-electron chi connectivity index (χ1n) is 8.83. The van der Waals surface area contributed by atoms with Crippen LogP contribution in [-0.4, -0.2) is 49.1 Å². The number of nitrogens with one attached hydrogen (secondary N) is 2. The summed E-state index contributed by atoms with van der Waals surface area (Å²) < 4.78 is 1.23. The zero-order valence-electron chi connectivity index (χ0n) is 14.6. The van der Waals surface area contributed by atoms with E-state index < -0.39 is 0 Å². The molecule has 2 fully saturated rings. The van der Waals surface area contributed by atoms with Gasteiger partial charge in [-0.3, -0.25) is 4.99 Å². The van der Waals surface area contributed by atoms with Crippen LogP contribution in [0, 0.1) is 5.41 Å². The number of hydrogen-bond donors (Lipinski definition) is 2. The Bertz CT molecular complexity index is 707. The summed E-state index contributed by atoms with van der Waals surface area (Å²) in [6.07, 6.45) is 5.54. The molecule has 2 N–H and O–H groups in total. The van der Waals surface area contributed by atoms with E-state index in [4.69, 9.17) is 0 Å². The first-order valence-corrected chi connectivity index (χ1v) is 9.65. The summed E-state index contributed by atoms with van der Waals surface area (Å²) in [6.45, 7) is 4.02. The van der Waals surface area contributed by atoms with Crippen LogP contribution in [0.2, 0.25) is 0 Å². The predicted octanol–water partition coefficient (Wildman–Crippen LogP) is 3.78. The topological polar surface area (TPSA) is 52.6 Å². The fourth-order valence-electron chi connectivity index (χ4n) is 3.82. The van der Waals surface area contributed by atoms with Gasteiger partial charge in [-0.1, -0.05) is 29.9 Å². The smallest absolute Gasteiger partial charge is 0.193 e. The minimum absolute atomic E-state index is 0. The number of aromatic nitrogens is 1. The Balaban J connectivity index is 0.00000182. The van der Waals surface area contributed by atoms with Gasteiger partial charge in [-0.25, -0.2) is 4.98 Å². The highest BCUT2D eigenvalue weighted by Crippen LogP contribution is 2.47. The van der Waals surface area contributed by atoms with Crippen LogP contribution < -0.4 is 10.6 Å². The number of para-hydroxylation sites is 1. The van der Waals surface area contributed by atoms with Crippen LogP contribution in [0.1, 0.15) is 25.7 Å². The average Bonchev–Trinajstić information content (AvgIpc) is 3.18. The van der Waals surface area contributed by atoms with Gasteiger partial charge >= 0.3 is 0 Å². The minimum atomic E-state index is 0. The van der Waals surface area contributed by atoms with Crippen LogP contribution >= 0.6 is 35.3 Å². The number of thiazole rings is 1. The fraction of sp³-hybridized carbons (Fsp3) is 0.556. The summed E-state index contributed by atoms with van der Waals surface area (Å²) in [5, 5.41) is 7.89. The van der Waals surface area contributed by atoms with Crippen LogP contribution in [0.15, 0.2) is 29.3 Å². The molecule has 2 aliphatic rings. The monoisotopic (exact) mass is 471 g/mol. The van der Waals surface area contributed by atoms with Crippen molar-refractivity contribution in [1.29, 1.82) is 0 Å². The molecule has 1 saturated carbocycles. The summed E-state index contributed by atoms with van der Waals surface area (Å²) in [4.78, 5) is 11.5. The molecule has 5 nitrogen and oxygen atoms in total. The van der Waals surface area contributed by atoms with Gasteiger partial charge in [0.1, 0.15) is 0 Å². The maximum Gasteiger partial charge on any atom is 0.193 e. The minimum Gasteiger partial charge on any atom is -0.360 e. The Morgan fingerprint density at radius 3 is 2.80 bits per heavy atom. The largest absolute Gasteiger partial charge is 0.360 e. The molecule has 1 spiro atoms. The first-order chi connectivity index (χ1) is 11.8. The Morgan fingerprint density at radius 1 is 1.28 bits per heavy atom. The van der Waals surface area contributed by atoms with Gasteiger partial charge in [0.15, 0.2) is 11.1 Å². The number of benzene rings is 1.